The van der Waals surface area contributed by atoms with Crippen molar-refractivity contribution in [2.45, 2.75) is 25.0 Å². The molecule has 7 nitrogen and oxygen atoms in total. The molecule has 136 valence electrons. The van der Waals surface area contributed by atoms with Crippen LogP contribution in [-0.2, 0) is 9.59 Å². The molecule has 0 spiro atoms. The third-order valence-electron chi connectivity index (χ3n) is 4.23. The Hall–Kier alpha value is -2.28. The number of fused-ring (bicyclic) bond motifs is 1. The molecule has 0 aromatic heterocycles. The molecule has 0 saturated heterocycles. The number of hydrogen-bond acceptors (Lipinski definition) is 5. The normalized spacial score (nSPS) is 18.8. The Morgan fingerprint density at radius 3 is 2.60 bits per heavy atom. The molecule has 2 aliphatic rings. The summed E-state index contributed by atoms with van der Waals surface area (Å²) in [6.07, 6.45) is 1.92. The first-order chi connectivity index (χ1) is 12.0. The van der Waals surface area contributed by atoms with Crippen LogP contribution in [0.3, 0.4) is 0 Å². The summed E-state index contributed by atoms with van der Waals surface area (Å²) < 4.78 is 11.5. The molecule has 1 saturated carbocycles. The largest absolute Gasteiger partial charge is 0.486 e. The van der Waals surface area contributed by atoms with Gasteiger partial charge < -0.3 is 19.7 Å². The molecule has 1 fully saturated rings. The maximum absolute atomic E-state index is 12.3. The molecule has 1 heterocycles. The van der Waals surface area contributed by atoms with E-state index in [4.69, 9.17) is 9.47 Å². The zero-order chi connectivity index (χ0) is 17.8. The number of carbonyl (C=O) groups excluding carboxylic acids is 2. The van der Waals surface area contributed by atoms with Crippen molar-refractivity contribution >= 4 is 11.8 Å². The molecule has 0 bridgehead atoms. The summed E-state index contributed by atoms with van der Waals surface area (Å²) in [7, 11) is 3.51. The Morgan fingerprint density at radius 2 is 1.88 bits per heavy atom. The van der Waals surface area contributed by atoms with E-state index in [2.05, 4.69) is 5.32 Å². The van der Waals surface area contributed by atoms with Crippen molar-refractivity contribution in [1.29, 1.82) is 0 Å². The number of benzene rings is 1. The van der Waals surface area contributed by atoms with Gasteiger partial charge in [0.1, 0.15) is 6.61 Å². The van der Waals surface area contributed by atoms with Crippen LogP contribution in [0.5, 0.6) is 11.5 Å². The highest BCUT2D eigenvalue weighted by Gasteiger charge is 2.26. The third-order valence-corrected chi connectivity index (χ3v) is 4.23. The molecule has 1 aliphatic carbocycles. The molecule has 2 amide bonds. The number of ether oxygens (including phenoxy) is 2. The van der Waals surface area contributed by atoms with E-state index in [0.29, 0.717) is 24.9 Å². The van der Waals surface area contributed by atoms with Crippen LogP contribution in [0.2, 0.25) is 0 Å². The number of nitrogens with one attached hydrogen (secondary N) is 1. The highest BCUT2D eigenvalue weighted by Crippen LogP contribution is 2.30. The molecule has 1 aromatic rings. The van der Waals surface area contributed by atoms with Crippen molar-refractivity contribution in [3.05, 3.63) is 24.3 Å². The van der Waals surface area contributed by atoms with Gasteiger partial charge in [-0.25, -0.2) is 0 Å². The molecular formula is C18H25N3O4. The van der Waals surface area contributed by atoms with Gasteiger partial charge in [0.05, 0.1) is 19.6 Å². The molecule has 25 heavy (non-hydrogen) atoms. The lowest BCUT2D eigenvalue weighted by atomic mass is 10.2. The first kappa shape index (κ1) is 17.5. The van der Waals surface area contributed by atoms with Gasteiger partial charge in [0.15, 0.2) is 17.6 Å². The van der Waals surface area contributed by atoms with E-state index in [9.17, 15) is 9.59 Å². The topological polar surface area (TPSA) is 71.1 Å². The standard InChI is InChI=1S/C18H25N3O4/c1-20(10-17(22)19-13-7-8-13)11-18(23)21(2)9-14-12-24-15-5-3-4-6-16(15)25-14/h3-6,13-14H,7-12H2,1-2H3,(H,19,22). The van der Waals surface area contributed by atoms with Crippen LogP contribution in [0.4, 0.5) is 0 Å². The summed E-state index contributed by atoms with van der Waals surface area (Å²) in [5.41, 5.74) is 0. The first-order valence-electron chi connectivity index (χ1n) is 8.61. The predicted octanol–water partition coefficient (Wildman–Crippen LogP) is 0.495. The second-order valence-corrected chi connectivity index (χ2v) is 6.79. The van der Waals surface area contributed by atoms with E-state index in [0.717, 1.165) is 18.6 Å². The summed E-state index contributed by atoms with van der Waals surface area (Å²) in [4.78, 5) is 27.5. The highest BCUT2D eigenvalue weighted by atomic mass is 16.6. The van der Waals surface area contributed by atoms with Crippen molar-refractivity contribution in [2.24, 2.45) is 0 Å². The minimum absolute atomic E-state index is 0.0268. The van der Waals surface area contributed by atoms with Gasteiger partial charge in [0, 0.05) is 13.1 Å². The molecule has 1 N–H and O–H groups in total. The van der Waals surface area contributed by atoms with Crippen LogP contribution in [0.25, 0.3) is 0 Å². The van der Waals surface area contributed by atoms with Crippen molar-refractivity contribution in [1.82, 2.24) is 15.1 Å². The van der Waals surface area contributed by atoms with Gasteiger partial charge in [0.2, 0.25) is 11.8 Å². The fraction of sp³-hybridized carbons (Fsp3) is 0.556. The monoisotopic (exact) mass is 347 g/mol. The minimum Gasteiger partial charge on any atom is -0.486 e. The van der Waals surface area contributed by atoms with Crippen LogP contribution in [-0.4, -0.2) is 74.1 Å². The zero-order valence-corrected chi connectivity index (χ0v) is 14.7. The second-order valence-electron chi connectivity index (χ2n) is 6.79. The number of amides is 2. The fourth-order valence-corrected chi connectivity index (χ4v) is 2.71. The highest BCUT2D eigenvalue weighted by molar-refractivity contribution is 5.81. The van der Waals surface area contributed by atoms with Gasteiger partial charge >= 0.3 is 0 Å². The van der Waals surface area contributed by atoms with Gasteiger partial charge in [-0.15, -0.1) is 0 Å². The van der Waals surface area contributed by atoms with Crippen LogP contribution >= 0.6 is 0 Å². The van der Waals surface area contributed by atoms with Crippen LogP contribution < -0.4 is 14.8 Å². The smallest absolute Gasteiger partial charge is 0.236 e. The lowest BCUT2D eigenvalue weighted by molar-refractivity contribution is -0.132. The Kier molecular flexibility index (Phi) is 5.43. The van der Waals surface area contributed by atoms with Gasteiger partial charge in [-0.3, -0.25) is 14.5 Å². The summed E-state index contributed by atoms with van der Waals surface area (Å²) in [6, 6.07) is 7.84. The van der Waals surface area contributed by atoms with Crippen LogP contribution in [0, 0.1) is 0 Å². The van der Waals surface area contributed by atoms with E-state index in [1.807, 2.05) is 24.3 Å². The summed E-state index contributed by atoms with van der Waals surface area (Å²) >= 11 is 0. The molecule has 0 radical (unpaired) electrons. The van der Waals surface area contributed by atoms with Gasteiger partial charge in [-0.05, 0) is 32.0 Å². The predicted molar refractivity (Wildman–Crippen MR) is 92.7 cm³/mol. The van der Waals surface area contributed by atoms with E-state index in [1.54, 1.807) is 23.9 Å². The Bertz CT molecular complexity index is 633. The molecule has 1 atom stereocenters. The van der Waals surface area contributed by atoms with E-state index >= 15 is 0 Å². The SMILES string of the molecule is CN(CC(=O)NC1CC1)CC(=O)N(C)CC1COc2ccccc2O1. The molecule has 1 unspecified atom stereocenters. The molecule has 7 heteroatoms. The fourth-order valence-electron chi connectivity index (χ4n) is 2.71. The minimum atomic E-state index is -0.202. The molecule has 1 aromatic carbocycles. The summed E-state index contributed by atoms with van der Waals surface area (Å²) in [5.74, 6) is 1.35. The maximum atomic E-state index is 12.3. The van der Waals surface area contributed by atoms with Gasteiger partial charge in [0.25, 0.3) is 0 Å². The third kappa shape index (κ3) is 5.09. The summed E-state index contributed by atoms with van der Waals surface area (Å²) in [5, 5.41) is 2.92. The summed E-state index contributed by atoms with van der Waals surface area (Å²) in [6.45, 7) is 1.27. The van der Waals surface area contributed by atoms with Gasteiger partial charge in [-0.1, -0.05) is 12.1 Å². The Balaban J connectivity index is 1.42. The number of nitrogens with zero attached hydrogens (tertiary/aromatic N) is 2. The second kappa shape index (κ2) is 7.74. The number of para-hydroxylation sites is 2. The van der Waals surface area contributed by atoms with Crippen LogP contribution in [0.15, 0.2) is 24.3 Å². The molecule has 1 aliphatic heterocycles. The number of carbonyl (C=O) groups is 2. The Morgan fingerprint density at radius 1 is 1.16 bits per heavy atom. The lowest BCUT2D eigenvalue weighted by Crippen LogP contribution is -2.46. The number of hydrogen-bond donors (Lipinski definition) is 1. The average molecular weight is 347 g/mol. The van der Waals surface area contributed by atoms with Crippen LogP contribution in [0.1, 0.15) is 12.8 Å². The maximum Gasteiger partial charge on any atom is 0.236 e. The average Bonchev–Trinajstić information content (AvgIpc) is 3.38. The zero-order valence-electron chi connectivity index (χ0n) is 14.7. The van der Waals surface area contributed by atoms with Crippen molar-refractivity contribution in [3.8, 4) is 11.5 Å². The quantitative estimate of drug-likeness (QED) is 0.778. The van der Waals surface area contributed by atoms with E-state index < -0.39 is 0 Å². The Labute approximate surface area is 147 Å². The number of likely N-dealkylation sites (N-methyl/N-ethyl adjacent to an activating group) is 2. The van der Waals surface area contributed by atoms with E-state index in [-0.39, 0.29) is 31.0 Å². The van der Waals surface area contributed by atoms with Crippen molar-refractivity contribution in [3.63, 3.8) is 0 Å². The van der Waals surface area contributed by atoms with Crippen molar-refractivity contribution in [2.75, 3.05) is 40.3 Å². The number of rotatable bonds is 7. The molecule has 3 rings (SSSR count). The van der Waals surface area contributed by atoms with Gasteiger partial charge in [-0.2, -0.15) is 0 Å². The molecular weight excluding hydrogens is 322 g/mol. The van der Waals surface area contributed by atoms with Crippen molar-refractivity contribution < 1.29 is 19.1 Å². The van der Waals surface area contributed by atoms with E-state index in [1.165, 1.54) is 0 Å². The first-order valence-corrected chi connectivity index (χ1v) is 8.61. The lowest BCUT2D eigenvalue weighted by Gasteiger charge is -2.30.